The number of fused-ring (bicyclic) bond motifs is 1. The third-order valence-corrected chi connectivity index (χ3v) is 5.06. The van der Waals surface area contributed by atoms with Crippen LogP contribution < -0.4 is 20.9 Å². The zero-order chi connectivity index (χ0) is 23.0. The SMILES string of the molecule is CCCc1ccc(OCc2ccc(C(=O)NNC(=O)Nc3cccc4ccccc34)o2)cc1. The number of hydrogen-bond donors (Lipinski definition) is 3. The number of amides is 3. The molecule has 0 saturated carbocycles. The number of furan rings is 1. The van der Waals surface area contributed by atoms with Crippen molar-refractivity contribution in [3.8, 4) is 5.75 Å². The number of benzene rings is 3. The highest BCUT2D eigenvalue weighted by Gasteiger charge is 2.13. The number of urea groups is 1. The summed E-state index contributed by atoms with van der Waals surface area (Å²) in [5, 5.41) is 4.63. The number of aryl methyl sites for hydroxylation is 1. The molecule has 0 unspecified atom stereocenters. The molecule has 0 aliphatic carbocycles. The van der Waals surface area contributed by atoms with Crippen molar-refractivity contribution in [2.45, 2.75) is 26.4 Å². The van der Waals surface area contributed by atoms with Gasteiger partial charge < -0.3 is 14.5 Å². The van der Waals surface area contributed by atoms with Crippen LogP contribution in [0, 0.1) is 0 Å². The topological polar surface area (TPSA) is 92.6 Å². The smallest absolute Gasteiger partial charge is 0.337 e. The summed E-state index contributed by atoms with van der Waals surface area (Å²) in [6.45, 7) is 2.33. The van der Waals surface area contributed by atoms with Gasteiger partial charge in [0.05, 0.1) is 5.69 Å². The normalized spacial score (nSPS) is 10.6. The van der Waals surface area contributed by atoms with Crippen LogP contribution in [0.5, 0.6) is 5.75 Å². The molecule has 0 radical (unpaired) electrons. The second-order valence-corrected chi connectivity index (χ2v) is 7.51. The van der Waals surface area contributed by atoms with Crippen LogP contribution in [-0.4, -0.2) is 11.9 Å². The van der Waals surface area contributed by atoms with E-state index in [-0.39, 0.29) is 12.4 Å². The van der Waals surface area contributed by atoms with Crippen LogP contribution >= 0.6 is 0 Å². The Morgan fingerprint density at radius 3 is 2.48 bits per heavy atom. The van der Waals surface area contributed by atoms with Crippen LogP contribution in [0.3, 0.4) is 0 Å². The maximum absolute atomic E-state index is 12.3. The molecule has 0 fully saturated rings. The van der Waals surface area contributed by atoms with Crippen LogP contribution in [-0.2, 0) is 13.0 Å². The van der Waals surface area contributed by atoms with Crippen molar-refractivity contribution < 1.29 is 18.7 Å². The Morgan fingerprint density at radius 2 is 1.67 bits per heavy atom. The van der Waals surface area contributed by atoms with E-state index in [1.165, 1.54) is 11.6 Å². The molecular weight excluding hydrogens is 418 g/mol. The molecule has 168 valence electrons. The van der Waals surface area contributed by atoms with E-state index in [1.54, 1.807) is 12.1 Å². The Morgan fingerprint density at radius 1 is 0.879 bits per heavy atom. The Bertz CT molecular complexity index is 1240. The maximum atomic E-state index is 12.3. The first-order valence-corrected chi connectivity index (χ1v) is 10.8. The van der Waals surface area contributed by atoms with Crippen LogP contribution in [0.1, 0.15) is 35.2 Å². The van der Waals surface area contributed by atoms with Crippen molar-refractivity contribution in [2.75, 3.05) is 5.32 Å². The summed E-state index contributed by atoms with van der Waals surface area (Å²) in [7, 11) is 0. The molecule has 0 aliphatic rings. The van der Waals surface area contributed by atoms with Gasteiger partial charge in [-0.3, -0.25) is 10.2 Å². The maximum Gasteiger partial charge on any atom is 0.337 e. The number of hydrazine groups is 1. The van der Waals surface area contributed by atoms with Gasteiger partial charge in [-0.05, 0) is 47.7 Å². The minimum Gasteiger partial charge on any atom is -0.486 e. The number of hydrogen-bond acceptors (Lipinski definition) is 4. The molecule has 7 nitrogen and oxygen atoms in total. The average Bonchev–Trinajstić information content (AvgIpc) is 3.32. The quantitative estimate of drug-likeness (QED) is 0.332. The number of rotatable bonds is 7. The summed E-state index contributed by atoms with van der Waals surface area (Å²) in [5.74, 6) is 0.720. The predicted molar refractivity (Wildman–Crippen MR) is 127 cm³/mol. The molecule has 33 heavy (non-hydrogen) atoms. The molecule has 0 spiro atoms. The molecule has 1 heterocycles. The van der Waals surface area contributed by atoms with E-state index in [2.05, 4.69) is 23.1 Å². The van der Waals surface area contributed by atoms with Gasteiger partial charge in [0.1, 0.15) is 18.1 Å². The van der Waals surface area contributed by atoms with Gasteiger partial charge in [-0.15, -0.1) is 0 Å². The summed E-state index contributed by atoms with van der Waals surface area (Å²) in [6.07, 6.45) is 2.13. The highest BCUT2D eigenvalue weighted by atomic mass is 16.5. The van der Waals surface area contributed by atoms with Crippen molar-refractivity contribution in [3.05, 3.63) is 95.9 Å². The third-order valence-electron chi connectivity index (χ3n) is 5.06. The molecular formula is C26H25N3O4. The largest absolute Gasteiger partial charge is 0.486 e. The summed E-state index contributed by atoms with van der Waals surface area (Å²) in [6, 6.07) is 23.8. The lowest BCUT2D eigenvalue weighted by Gasteiger charge is -2.10. The first-order valence-electron chi connectivity index (χ1n) is 10.8. The van der Waals surface area contributed by atoms with Crippen LogP contribution in [0.15, 0.2) is 83.3 Å². The fraction of sp³-hybridized carbons (Fsp3) is 0.154. The standard InChI is InChI=1S/C26H25N3O4/c1-2-6-18-11-13-20(14-12-18)32-17-21-15-16-24(33-21)25(30)28-29-26(31)27-23-10-5-8-19-7-3-4-9-22(19)23/h3-5,7-16H,2,6,17H2,1H3,(H,28,30)(H2,27,29,31). The number of ether oxygens (including phenoxy) is 1. The van der Waals surface area contributed by atoms with Gasteiger partial charge in [0, 0.05) is 5.39 Å². The second-order valence-electron chi connectivity index (χ2n) is 7.51. The Balaban J connectivity index is 1.27. The van der Waals surface area contributed by atoms with Gasteiger partial charge >= 0.3 is 11.9 Å². The van der Waals surface area contributed by atoms with Gasteiger partial charge in [0.25, 0.3) is 0 Å². The molecule has 3 aromatic carbocycles. The third kappa shape index (κ3) is 5.71. The fourth-order valence-electron chi connectivity index (χ4n) is 3.44. The molecule has 0 atom stereocenters. The molecule has 7 heteroatoms. The van der Waals surface area contributed by atoms with E-state index >= 15 is 0 Å². The van der Waals surface area contributed by atoms with E-state index in [4.69, 9.17) is 9.15 Å². The van der Waals surface area contributed by atoms with Crippen LogP contribution in [0.4, 0.5) is 10.5 Å². The molecule has 0 bridgehead atoms. The molecule has 0 saturated heterocycles. The summed E-state index contributed by atoms with van der Waals surface area (Å²) in [4.78, 5) is 24.5. The number of anilines is 1. The highest BCUT2D eigenvalue weighted by Crippen LogP contribution is 2.22. The zero-order valence-electron chi connectivity index (χ0n) is 18.3. The first-order chi connectivity index (χ1) is 16.1. The van der Waals surface area contributed by atoms with E-state index in [0.29, 0.717) is 11.4 Å². The molecule has 4 rings (SSSR count). The molecule has 0 aliphatic heterocycles. The molecule has 4 aromatic rings. The summed E-state index contributed by atoms with van der Waals surface area (Å²) < 4.78 is 11.2. The minimum atomic E-state index is -0.571. The summed E-state index contributed by atoms with van der Waals surface area (Å²) in [5.41, 5.74) is 6.57. The Kier molecular flexibility index (Phi) is 6.90. The van der Waals surface area contributed by atoms with E-state index in [9.17, 15) is 9.59 Å². The van der Waals surface area contributed by atoms with Crippen molar-refractivity contribution in [2.24, 2.45) is 0 Å². The van der Waals surface area contributed by atoms with Gasteiger partial charge in [-0.1, -0.05) is 61.9 Å². The van der Waals surface area contributed by atoms with Crippen molar-refractivity contribution in [3.63, 3.8) is 0 Å². The van der Waals surface area contributed by atoms with Gasteiger partial charge in [-0.25, -0.2) is 10.2 Å². The Labute approximate surface area is 191 Å². The molecule has 3 amide bonds. The van der Waals surface area contributed by atoms with Gasteiger partial charge in [-0.2, -0.15) is 0 Å². The van der Waals surface area contributed by atoms with E-state index < -0.39 is 11.9 Å². The summed E-state index contributed by atoms with van der Waals surface area (Å²) >= 11 is 0. The van der Waals surface area contributed by atoms with Crippen molar-refractivity contribution in [1.29, 1.82) is 0 Å². The van der Waals surface area contributed by atoms with Crippen molar-refractivity contribution >= 4 is 28.4 Å². The zero-order valence-corrected chi connectivity index (χ0v) is 18.3. The van der Waals surface area contributed by atoms with Gasteiger partial charge in [0.15, 0.2) is 5.76 Å². The Hall–Kier alpha value is -4.26. The first kappa shape index (κ1) is 22.0. The lowest BCUT2D eigenvalue weighted by atomic mass is 10.1. The lowest BCUT2D eigenvalue weighted by molar-refractivity contribution is 0.0906. The number of carbonyl (C=O) groups is 2. The number of nitrogens with one attached hydrogen (secondary N) is 3. The van der Waals surface area contributed by atoms with Gasteiger partial charge in [0.2, 0.25) is 0 Å². The predicted octanol–water partition coefficient (Wildman–Crippen LogP) is 5.43. The van der Waals surface area contributed by atoms with E-state index in [0.717, 1.165) is 29.4 Å². The lowest BCUT2D eigenvalue weighted by Crippen LogP contribution is -2.43. The van der Waals surface area contributed by atoms with E-state index in [1.807, 2.05) is 60.7 Å². The van der Waals surface area contributed by atoms with Crippen LogP contribution in [0.25, 0.3) is 10.8 Å². The highest BCUT2D eigenvalue weighted by molar-refractivity contribution is 6.02. The minimum absolute atomic E-state index is 0.0670. The molecule has 3 N–H and O–H groups in total. The van der Waals surface area contributed by atoms with Crippen LogP contribution in [0.2, 0.25) is 0 Å². The second kappa shape index (κ2) is 10.4. The average molecular weight is 444 g/mol. The van der Waals surface area contributed by atoms with Crippen molar-refractivity contribution in [1.82, 2.24) is 10.9 Å². The monoisotopic (exact) mass is 443 g/mol. The fourth-order valence-corrected chi connectivity index (χ4v) is 3.44. The molecule has 1 aromatic heterocycles. The number of carbonyl (C=O) groups excluding carboxylic acids is 2.